The van der Waals surface area contributed by atoms with Crippen molar-refractivity contribution in [3.8, 4) is 6.07 Å². The van der Waals surface area contributed by atoms with Crippen molar-refractivity contribution >= 4 is 28.4 Å². The van der Waals surface area contributed by atoms with Gasteiger partial charge in [0.2, 0.25) is 5.95 Å². The highest BCUT2D eigenvalue weighted by atomic mass is 16.5. The van der Waals surface area contributed by atoms with Crippen LogP contribution in [-0.2, 0) is 4.74 Å². The summed E-state index contributed by atoms with van der Waals surface area (Å²) >= 11 is 0. The Morgan fingerprint density at radius 3 is 2.56 bits per heavy atom. The van der Waals surface area contributed by atoms with Gasteiger partial charge in [0, 0.05) is 42.1 Å². The van der Waals surface area contributed by atoms with Crippen LogP contribution in [0.15, 0.2) is 41.3 Å². The monoisotopic (exact) mass is 430 g/mol. The van der Waals surface area contributed by atoms with Gasteiger partial charge >= 0.3 is 0 Å². The molecule has 2 aliphatic rings. The minimum atomic E-state index is -0.258. The lowest BCUT2D eigenvalue weighted by atomic mass is 9.95. The van der Waals surface area contributed by atoms with Crippen molar-refractivity contribution < 1.29 is 4.74 Å². The van der Waals surface area contributed by atoms with E-state index in [2.05, 4.69) is 27.3 Å². The van der Waals surface area contributed by atoms with Gasteiger partial charge in [-0.15, -0.1) is 0 Å². The number of hydrogen-bond donors (Lipinski definition) is 1. The van der Waals surface area contributed by atoms with Gasteiger partial charge in [0.25, 0.3) is 5.56 Å². The number of aromatic nitrogens is 3. The molecule has 8 nitrogen and oxygen atoms in total. The molecule has 1 aliphatic carbocycles. The summed E-state index contributed by atoms with van der Waals surface area (Å²) in [7, 11) is 0. The summed E-state index contributed by atoms with van der Waals surface area (Å²) in [6.45, 7) is 3.29. The zero-order valence-corrected chi connectivity index (χ0v) is 18.0. The van der Waals surface area contributed by atoms with Gasteiger partial charge < -0.3 is 15.0 Å². The van der Waals surface area contributed by atoms with E-state index in [-0.39, 0.29) is 17.2 Å². The summed E-state index contributed by atoms with van der Waals surface area (Å²) in [6, 6.07) is 11.9. The Balaban J connectivity index is 1.46. The van der Waals surface area contributed by atoms with E-state index in [1.165, 1.54) is 6.42 Å². The van der Waals surface area contributed by atoms with Crippen LogP contribution in [0.3, 0.4) is 0 Å². The molecule has 0 amide bonds. The third-order valence-electron chi connectivity index (χ3n) is 6.33. The first-order valence-electron chi connectivity index (χ1n) is 11.2. The molecule has 1 saturated heterocycles. The van der Waals surface area contributed by atoms with Crippen LogP contribution in [0.1, 0.15) is 43.7 Å². The third-order valence-corrected chi connectivity index (χ3v) is 6.33. The van der Waals surface area contributed by atoms with Crippen molar-refractivity contribution in [2.24, 2.45) is 0 Å². The molecule has 2 fully saturated rings. The van der Waals surface area contributed by atoms with E-state index < -0.39 is 0 Å². The Kier molecular flexibility index (Phi) is 5.73. The number of nitrogens with one attached hydrogen (secondary N) is 1. The number of hydrogen-bond acceptors (Lipinski definition) is 7. The van der Waals surface area contributed by atoms with Gasteiger partial charge in [-0.1, -0.05) is 19.3 Å². The van der Waals surface area contributed by atoms with Crippen molar-refractivity contribution in [1.82, 2.24) is 14.5 Å². The summed E-state index contributed by atoms with van der Waals surface area (Å²) < 4.78 is 7.15. The first-order chi connectivity index (χ1) is 15.7. The number of pyridine rings is 1. The quantitative estimate of drug-likeness (QED) is 0.673. The van der Waals surface area contributed by atoms with E-state index in [0.29, 0.717) is 17.0 Å². The molecule has 5 rings (SSSR count). The highest BCUT2D eigenvalue weighted by Crippen LogP contribution is 2.30. The van der Waals surface area contributed by atoms with E-state index in [1.807, 2.05) is 18.2 Å². The second-order valence-corrected chi connectivity index (χ2v) is 8.38. The van der Waals surface area contributed by atoms with Gasteiger partial charge in [-0.2, -0.15) is 10.2 Å². The zero-order chi connectivity index (χ0) is 21.9. The Bertz CT molecular complexity index is 1200. The van der Waals surface area contributed by atoms with Crippen LogP contribution in [0.2, 0.25) is 0 Å². The van der Waals surface area contributed by atoms with Gasteiger partial charge in [0.05, 0.1) is 13.2 Å². The van der Waals surface area contributed by atoms with Crippen LogP contribution in [0.5, 0.6) is 0 Å². The van der Waals surface area contributed by atoms with Crippen molar-refractivity contribution in [3.63, 3.8) is 0 Å². The van der Waals surface area contributed by atoms with Crippen molar-refractivity contribution in [2.75, 3.05) is 36.5 Å². The second-order valence-electron chi connectivity index (χ2n) is 8.38. The molecule has 0 spiro atoms. The molecule has 2 aromatic heterocycles. The molecule has 164 valence electrons. The molecule has 0 unspecified atom stereocenters. The minimum Gasteiger partial charge on any atom is -0.378 e. The zero-order valence-electron chi connectivity index (χ0n) is 18.0. The molecule has 32 heavy (non-hydrogen) atoms. The number of nitrogens with zero attached hydrogens (tertiary/aromatic N) is 5. The lowest BCUT2D eigenvalue weighted by Crippen LogP contribution is -2.36. The minimum absolute atomic E-state index is 0.0719. The summed E-state index contributed by atoms with van der Waals surface area (Å²) in [5.74, 6) is 0.435. The maximum Gasteiger partial charge on any atom is 0.270 e. The van der Waals surface area contributed by atoms with Crippen molar-refractivity contribution in [3.05, 3.63) is 52.4 Å². The summed E-state index contributed by atoms with van der Waals surface area (Å²) in [5.41, 5.74) is 2.51. The number of benzene rings is 1. The van der Waals surface area contributed by atoms with E-state index in [4.69, 9.17) is 9.72 Å². The smallest absolute Gasteiger partial charge is 0.270 e. The molecule has 1 saturated carbocycles. The van der Waals surface area contributed by atoms with Gasteiger partial charge in [-0.25, -0.2) is 4.98 Å². The predicted octanol–water partition coefficient (Wildman–Crippen LogP) is 3.75. The molecule has 3 aromatic rings. The van der Waals surface area contributed by atoms with Crippen LogP contribution in [0.25, 0.3) is 11.0 Å². The molecule has 1 aliphatic heterocycles. The number of rotatable bonds is 4. The first kappa shape index (κ1) is 20.5. The maximum absolute atomic E-state index is 13.0. The molecule has 0 radical (unpaired) electrons. The van der Waals surface area contributed by atoms with Gasteiger partial charge in [-0.3, -0.25) is 9.36 Å². The average molecular weight is 431 g/mol. The largest absolute Gasteiger partial charge is 0.378 e. The van der Waals surface area contributed by atoms with Crippen LogP contribution in [0.4, 0.5) is 17.3 Å². The average Bonchev–Trinajstić information content (AvgIpc) is 2.85. The summed E-state index contributed by atoms with van der Waals surface area (Å²) in [5, 5.41) is 13.4. The fraction of sp³-hybridized carbons (Fsp3) is 0.417. The number of ether oxygens (including phenoxy) is 1. The Morgan fingerprint density at radius 2 is 1.84 bits per heavy atom. The van der Waals surface area contributed by atoms with E-state index >= 15 is 0 Å². The molecular formula is C24H26N6O2. The molecule has 1 N–H and O–H groups in total. The topological polar surface area (TPSA) is 96.1 Å². The molecule has 8 heteroatoms. The fourth-order valence-corrected chi connectivity index (χ4v) is 4.64. The van der Waals surface area contributed by atoms with Crippen LogP contribution < -0.4 is 15.8 Å². The van der Waals surface area contributed by atoms with Gasteiger partial charge in [-0.05, 0) is 43.2 Å². The van der Waals surface area contributed by atoms with Crippen LogP contribution in [0, 0.1) is 11.3 Å². The lowest BCUT2D eigenvalue weighted by molar-refractivity contribution is 0.122. The lowest BCUT2D eigenvalue weighted by Gasteiger charge is -2.28. The Labute approximate surface area is 186 Å². The number of anilines is 3. The number of fused-ring (bicyclic) bond motifs is 1. The Morgan fingerprint density at radius 1 is 1.09 bits per heavy atom. The van der Waals surface area contributed by atoms with Crippen molar-refractivity contribution in [1.29, 1.82) is 5.26 Å². The van der Waals surface area contributed by atoms with Crippen LogP contribution >= 0.6 is 0 Å². The van der Waals surface area contributed by atoms with Crippen LogP contribution in [-0.4, -0.2) is 40.8 Å². The van der Waals surface area contributed by atoms with Crippen molar-refractivity contribution in [2.45, 2.75) is 38.1 Å². The SMILES string of the molecule is N#Cc1cc2cnc(Nc3ccc(N4CCOCC4)cc3)nc2n(C2CCCCC2)c1=O. The molecule has 0 atom stereocenters. The first-order valence-corrected chi connectivity index (χ1v) is 11.2. The second kappa shape index (κ2) is 8.97. The number of nitriles is 1. The maximum atomic E-state index is 13.0. The van der Waals surface area contributed by atoms with Gasteiger partial charge in [0.1, 0.15) is 17.3 Å². The molecule has 1 aromatic carbocycles. The Hall–Kier alpha value is -3.44. The normalized spacial score (nSPS) is 17.3. The molecular weight excluding hydrogens is 404 g/mol. The predicted molar refractivity (Wildman–Crippen MR) is 123 cm³/mol. The molecule has 0 bridgehead atoms. The number of morpholine rings is 1. The standard InChI is InChI=1S/C24H26N6O2/c25-15-17-14-18-16-26-24(28-22(18)30(23(17)31)21-4-2-1-3-5-21)27-19-6-8-20(9-7-19)29-10-12-32-13-11-29/h6-9,14,16,21H,1-5,10-13H2,(H,26,27,28). The highest BCUT2D eigenvalue weighted by Gasteiger charge is 2.21. The van der Waals surface area contributed by atoms with E-state index in [0.717, 1.165) is 63.4 Å². The van der Waals surface area contributed by atoms with E-state index in [9.17, 15) is 10.1 Å². The summed E-state index contributed by atoms with van der Waals surface area (Å²) in [6.07, 6.45) is 6.90. The molecule has 3 heterocycles. The van der Waals surface area contributed by atoms with Gasteiger partial charge in [0.15, 0.2) is 0 Å². The fourth-order valence-electron chi connectivity index (χ4n) is 4.64. The third kappa shape index (κ3) is 4.04. The van der Waals surface area contributed by atoms with E-state index in [1.54, 1.807) is 16.8 Å². The summed E-state index contributed by atoms with van der Waals surface area (Å²) in [4.78, 5) is 24.4. The highest BCUT2D eigenvalue weighted by molar-refractivity contribution is 5.77.